The van der Waals surface area contributed by atoms with Crippen molar-refractivity contribution in [2.75, 3.05) is 24.6 Å². The average Bonchev–Trinajstić information content (AvgIpc) is 3.39. The van der Waals surface area contributed by atoms with Gasteiger partial charge in [0, 0.05) is 5.56 Å². The Hall–Kier alpha value is -3.10. The lowest BCUT2D eigenvalue weighted by atomic mass is 9.95. The van der Waals surface area contributed by atoms with Crippen LogP contribution in [0.1, 0.15) is 31.7 Å². The van der Waals surface area contributed by atoms with Crippen LogP contribution in [0.25, 0.3) is 20.8 Å². The number of anilines is 1. The molecule has 2 aromatic carbocycles. The van der Waals surface area contributed by atoms with E-state index in [1.807, 2.05) is 35.2 Å². The molecule has 34 heavy (non-hydrogen) atoms. The van der Waals surface area contributed by atoms with Crippen molar-refractivity contribution in [1.29, 1.82) is 0 Å². The fourth-order valence-electron chi connectivity index (χ4n) is 4.79. The van der Waals surface area contributed by atoms with Crippen LogP contribution >= 0.6 is 11.3 Å². The van der Waals surface area contributed by atoms with Crippen LogP contribution in [0.2, 0.25) is 0 Å². The van der Waals surface area contributed by atoms with Gasteiger partial charge in [0.05, 0.1) is 40.9 Å². The third kappa shape index (κ3) is 4.23. The summed E-state index contributed by atoms with van der Waals surface area (Å²) < 4.78 is 6.27. The molecule has 7 nitrogen and oxygen atoms in total. The number of fused-ring (bicyclic) bond motifs is 1. The molecule has 0 bridgehead atoms. The molecule has 2 aliphatic heterocycles. The van der Waals surface area contributed by atoms with E-state index in [4.69, 9.17) is 9.72 Å². The molecule has 1 atom stereocenters. The molecule has 5 rings (SSSR count). The lowest BCUT2D eigenvalue weighted by Gasteiger charge is -2.33. The van der Waals surface area contributed by atoms with Gasteiger partial charge in [-0.05, 0) is 81.7 Å². The van der Waals surface area contributed by atoms with E-state index in [1.165, 1.54) is 10.5 Å². The second-order valence-corrected chi connectivity index (χ2v) is 9.92. The van der Waals surface area contributed by atoms with Crippen LogP contribution in [0.5, 0.6) is 0 Å². The SMILES string of the molecule is CCOC(=O)C1CCN(C2CC(=O)N(c3ccc(-c4nc5ccc(C)cc5s4)cc3)C2=O)CC1. The third-order valence-corrected chi connectivity index (χ3v) is 7.70. The van der Waals surface area contributed by atoms with Crippen LogP contribution in [0, 0.1) is 12.8 Å². The van der Waals surface area contributed by atoms with Crippen molar-refractivity contribution >= 4 is 45.0 Å². The van der Waals surface area contributed by atoms with Crippen LogP contribution in [0.4, 0.5) is 5.69 Å². The maximum Gasteiger partial charge on any atom is 0.309 e. The van der Waals surface area contributed by atoms with Gasteiger partial charge in [-0.1, -0.05) is 6.07 Å². The van der Waals surface area contributed by atoms with Crippen LogP contribution in [-0.2, 0) is 19.1 Å². The second kappa shape index (κ2) is 9.27. The Morgan fingerprint density at radius 1 is 1.12 bits per heavy atom. The number of aryl methyl sites for hydroxylation is 1. The van der Waals surface area contributed by atoms with Gasteiger partial charge in [0.15, 0.2) is 0 Å². The Bertz CT molecular complexity index is 1240. The van der Waals surface area contributed by atoms with E-state index in [0.717, 1.165) is 20.8 Å². The van der Waals surface area contributed by atoms with E-state index in [1.54, 1.807) is 18.3 Å². The number of thiazole rings is 1. The molecule has 2 amide bonds. The van der Waals surface area contributed by atoms with Crippen molar-refractivity contribution in [3.63, 3.8) is 0 Å². The van der Waals surface area contributed by atoms with E-state index in [-0.39, 0.29) is 30.1 Å². The summed E-state index contributed by atoms with van der Waals surface area (Å²) in [6.45, 7) is 5.46. The van der Waals surface area contributed by atoms with Gasteiger partial charge in [0.1, 0.15) is 5.01 Å². The molecule has 0 N–H and O–H groups in total. The number of benzene rings is 2. The quantitative estimate of drug-likeness (QED) is 0.405. The number of likely N-dealkylation sites (tertiary alicyclic amines) is 1. The highest BCUT2D eigenvalue weighted by molar-refractivity contribution is 7.21. The summed E-state index contributed by atoms with van der Waals surface area (Å²) in [6, 6.07) is 13.2. The molecule has 2 aliphatic rings. The van der Waals surface area contributed by atoms with E-state index in [2.05, 4.69) is 19.1 Å². The van der Waals surface area contributed by atoms with E-state index >= 15 is 0 Å². The van der Waals surface area contributed by atoms with Gasteiger partial charge in [-0.25, -0.2) is 9.88 Å². The summed E-state index contributed by atoms with van der Waals surface area (Å²) in [4.78, 5) is 46.0. The molecular weight excluding hydrogens is 450 g/mol. The number of rotatable bonds is 5. The molecular formula is C26H27N3O4S. The average molecular weight is 478 g/mol. The van der Waals surface area contributed by atoms with Gasteiger partial charge in [-0.3, -0.25) is 19.3 Å². The predicted octanol–water partition coefficient (Wildman–Crippen LogP) is 4.18. The first-order valence-electron chi connectivity index (χ1n) is 11.7. The number of esters is 1. The highest BCUT2D eigenvalue weighted by atomic mass is 32.1. The van der Waals surface area contributed by atoms with Gasteiger partial charge in [0.25, 0.3) is 5.91 Å². The minimum absolute atomic E-state index is 0.126. The summed E-state index contributed by atoms with van der Waals surface area (Å²) in [5.74, 6) is -0.673. The number of carbonyl (C=O) groups excluding carboxylic acids is 3. The van der Waals surface area contributed by atoms with E-state index in [9.17, 15) is 14.4 Å². The highest BCUT2D eigenvalue weighted by Crippen LogP contribution is 2.33. The molecule has 3 aromatic rings. The number of ether oxygens (including phenoxy) is 1. The number of piperidine rings is 1. The summed E-state index contributed by atoms with van der Waals surface area (Å²) in [5, 5.41) is 0.911. The lowest BCUT2D eigenvalue weighted by molar-refractivity contribution is -0.149. The monoisotopic (exact) mass is 477 g/mol. The molecule has 2 saturated heterocycles. The van der Waals surface area contributed by atoms with Crippen LogP contribution in [0.15, 0.2) is 42.5 Å². The molecule has 3 heterocycles. The minimum atomic E-state index is -0.470. The fraction of sp³-hybridized carbons (Fsp3) is 0.385. The number of hydrogen-bond donors (Lipinski definition) is 0. The first kappa shape index (κ1) is 22.7. The van der Waals surface area contributed by atoms with E-state index in [0.29, 0.717) is 38.2 Å². The molecule has 0 radical (unpaired) electrons. The fourth-order valence-corrected chi connectivity index (χ4v) is 5.86. The molecule has 0 spiro atoms. The topological polar surface area (TPSA) is 79.8 Å². The van der Waals surface area contributed by atoms with Crippen LogP contribution in [0.3, 0.4) is 0 Å². The molecule has 2 fully saturated rings. The molecule has 0 saturated carbocycles. The van der Waals surface area contributed by atoms with Crippen molar-refractivity contribution in [2.45, 2.75) is 39.2 Å². The van der Waals surface area contributed by atoms with Crippen molar-refractivity contribution in [3.8, 4) is 10.6 Å². The minimum Gasteiger partial charge on any atom is -0.466 e. The Labute approximate surface area is 202 Å². The number of hydrogen-bond acceptors (Lipinski definition) is 7. The zero-order valence-corrected chi connectivity index (χ0v) is 20.1. The summed E-state index contributed by atoms with van der Waals surface area (Å²) in [6.07, 6.45) is 1.46. The molecule has 1 aromatic heterocycles. The van der Waals surface area contributed by atoms with E-state index < -0.39 is 6.04 Å². The number of carbonyl (C=O) groups is 3. The van der Waals surface area contributed by atoms with Crippen molar-refractivity contribution in [2.24, 2.45) is 5.92 Å². The summed E-state index contributed by atoms with van der Waals surface area (Å²) in [5.41, 5.74) is 3.71. The van der Waals surface area contributed by atoms with Crippen LogP contribution < -0.4 is 4.90 Å². The predicted molar refractivity (Wildman–Crippen MR) is 132 cm³/mol. The number of aromatic nitrogens is 1. The van der Waals surface area contributed by atoms with Crippen molar-refractivity contribution in [3.05, 3.63) is 48.0 Å². The Balaban J connectivity index is 1.28. The maximum atomic E-state index is 13.2. The maximum absolute atomic E-state index is 13.2. The molecule has 1 unspecified atom stereocenters. The second-order valence-electron chi connectivity index (χ2n) is 8.89. The Morgan fingerprint density at radius 2 is 1.85 bits per heavy atom. The molecule has 176 valence electrons. The zero-order chi connectivity index (χ0) is 23.8. The summed E-state index contributed by atoms with van der Waals surface area (Å²) in [7, 11) is 0. The molecule has 8 heteroatoms. The largest absolute Gasteiger partial charge is 0.466 e. The highest BCUT2D eigenvalue weighted by Gasteiger charge is 2.44. The standard InChI is InChI=1S/C26H27N3O4S/c1-3-33-26(32)18-10-12-28(13-11-18)21-15-23(30)29(25(21)31)19-7-5-17(6-8-19)24-27-20-9-4-16(2)14-22(20)34-24/h4-9,14,18,21H,3,10-13,15H2,1-2H3. The Morgan fingerprint density at radius 3 is 2.56 bits per heavy atom. The molecule has 0 aliphatic carbocycles. The van der Waals surface area contributed by atoms with Gasteiger partial charge >= 0.3 is 5.97 Å². The first-order chi connectivity index (χ1) is 16.4. The third-order valence-electron chi connectivity index (χ3n) is 6.63. The first-order valence-corrected chi connectivity index (χ1v) is 12.5. The van der Waals surface area contributed by atoms with Gasteiger partial charge < -0.3 is 4.74 Å². The number of amides is 2. The summed E-state index contributed by atoms with van der Waals surface area (Å²) >= 11 is 1.63. The van der Waals surface area contributed by atoms with Gasteiger partial charge in [-0.2, -0.15) is 0 Å². The van der Waals surface area contributed by atoms with Gasteiger partial charge in [0.2, 0.25) is 5.91 Å². The smallest absolute Gasteiger partial charge is 0.309 e. The normalized spacial score (nSPS) is 19.8. The number of imide groups is 1. The van der Waals surface area contributed by atoms with Crippen molar-refractivity contribution in [1.82, 2.24) is 9.88 Å². The lowest BCUT2D eigenvalue weighted by Crippen LogP contribution is -2.47. The van der Waals surface area contributed by atoms with Crippen LogP contribution in [-0.4, -0.2) is 53.4 Å². The zero-order valence-electron chi connectivity index (χ0n) is 19.3. The Kier molecular flexibility index (Phi) is 6.18. The number of nitrogens with zero attached hydrogens (tertiary/aromatic N) is 3. The van der Waals surface area contributed by atoms with Crippen molar-refractivity contribution < 1.29 is 19.1 Å². The van der Waals surface area contributed by atoms with Gasteiger partial charge in [-0.15, -0.1) is 11.3 Å².